The lowest BCUT2D eigenvalue weighted by Crippen LogP contribution is -2.56. The number of nitrogens with zero attached hydrogens (tertiary/aromatic N) is 4. The minimum Gasteiger partial charge on any atom is -0.444 e. The molecule has 0 aliphatic carbocycles. The van der Waals surface area contributed by atoms with Crippen molar-refractivity contribution in [3.05, 3.63) is 24.3 Å². The first-order chi connectivity index (χ1) is 14.4. The number of carbonyl (C=O) groups excluding carboxylic acids is 1. The molecule has 162 valence electrons. The Balaban J connectivity index is 1.44. The smallest absolute Gasteiger partial charge is 0.410 e. The first-order valence-corrected chi connectivity index (χ1v) is 11.3. The number of hydrogen-bond donors (Lipinski definition) is 0. The molecular formula is C23H32N4O3. The Bertz CT molecular complexity index is 914. The lowest BCUT2D eigenvalue weighted by Gasteiger charge is -2.41. The zero-order chi connectivity index (χ0) is 20.9. The monoisotopic (exact) mass is 412 g/mol. The first-order valence-electron chi connectivity index (χ1n) is 11.3. The molecule has 3 saturated heterocycles. The van der Waals surface area contributed by atoms with Crippen LogP contribution < -0.4 is 4.90 Å². The van der Waals surface area contributed by atoms with Crippen molar-refractivity contribution in [2.24, 2.45) is 0 Å². The average Bonchev–Trinajstić information content (AvgIpc) is 3.21. The van der Waals surface area contributed by atoms with Crippen LogP contribution in [0.1, 0.15) is 59.1 Å². The number of anilines is 1. The Kier molecular flexibility index (Phi) is 4.88. The van der Waals surface area contributed by atoms with Crippen LogP contribution in [0.25, 0.3) is 10.9 Å². The number of benzene rings is 1. The molecule has 3 fully saturated rings. The summed E-state index contributed by atoms with van der Waals surface area (Å²) in [5.74, 6) is 1.04. The van der Waals surface area contributed by atoms with Crippen LogP contribution in [0.4, 0.5) is 10.6 Å². The summed E-state index contributed by atoms with van der Waals surface area (Å²) in [6, 6.07) is 9.01. The molecular weight excluding hydrogens is 380 g/mol. The first kappa shape index (κ1) is 19.7. The third kappa shape index (κ3) is 3.53. The summed E-state index contributed by atoms with van der Waals surface area (Å²) in [6.07, 6.45) is 5.26. The van der Waals surface area contributed by atoms with Gasteiger partial charge in [-0.1, -0.05) is 12.1 Å². The van der Waals surface area contributed by atoms with E-state index in [-0.39, 0.29) is 24.4 Å². The van der Waals surface area contributed by atoms with E-state index >= 15 is 0 Å². The van der Waals surface area contributed by atoms with E-state index in [1.165, 1.54) is 11.8 Å². The largest absolute Gasteiger partial charge is 0.444 e. The summed E-state index contributed by atoms with van der Waals surface area (Å²) >= 11 is 0. The molecule has 1 amide bonds. The predicted molar refractivity (Wildman–Crippen MR) is 116 cm³/mol. The summed E-state index contributed by atoms with van der Waals surface area (Å²) < 4.78 is 13.8. The van der Waals surface area contributed by atoms with Gasteiger partial charge >= 0.3 is 6.09 Å². The third-order valence-corrected chi connectivity index (χ3v) is 6.40. The van der Waals surface area contributed by atoms with Gasteiger partial charge in [-0.2, -0.15) is 5.10 Å². The van der Waals surface area contributed by atoms with Crippen LogP contribution >= 0.6 is 0 Å². The number of carbonyl (C=O) groups is 1. The van der Waals surface area contributed by atoms with E-state index in [2.05, 4.69) is 33.8 Å². The minimum absolute atomic E-state index is 0.0121. The summed E-state index contributed by atoms with van der Waals surface area (Å²) in [6.45, 7) is 7.93. The number of rotatable bonds is 2. The highest BCUT2D eigenvalue weighted by molar-refractivity contribution is 5.91. The van der Waals surface area contributed by atoms with Crippen molar-refractivity contribution in [1.82, 2.24) is 14.7 Å². The van der Waals surface area contributed by atoms with Crippen molar-refractivity contribution >= 4 is 22.8 Å². The minimum atomic E-state index is -0.470. The fourth-order valence-electron chi connectivity index (χ4n) is 5.12. The quantitative estimate of drug-likeness (QED) is 0.735. The topological polar surface area (TPSA) is 59.8 Å². The molecule has 1 aromatic carbocycles. The van der Waals surface area contributed by atoms with E-state index in [0.29, 0.717) is 13.1 Å². The second-order valence-electron chi connectivity index (χ2n) is 9.78. The van der Waals surface area contributed by atoms with Gasteiger partial charge in [0.05, 0.1) is 5.52 Å². The standard InChI is InChI=1S/C23H32N4O3/c1-23(2,3)30-22(28)25-14-16-11-12-17(15-25)26(16)21-18-8-4-5-9-19(18)27(24-21)20-10-6-7-13-29-20/h4-5,8-9,16-17,20H,6-7,10-15H2,1-3H3. The summed E-state index contributed by atoms with van der Waals surface area (Å²) in [7, 11) is 0. The SMILES string of the molecule is CC(C)(C)OC(=O)N1CC2CCC(C1)N2c1nn(C2CCCCO2)c2ccccc12. The number of para-hydroxylation sites is 1. The zero-order valence-electron chi connectivity index (χ0n) is 18.2. The van der Waals surface area contributed by atoms with Crippen LogP contribution in [0.3, 0.4) is 0 Å². The second kappa shape index (κ2) is 7.45. The Morgan fingerprint density at radius 3 is 2.50 bits per heavy atom. The van der Waals surface area contributed by atoms with E-state index < -0.39 is 5.60 Å². The third-order valence-electron chi connectivity index (χ3n) is 6.40. The normalized spacial score (nSPS) is 27.0. The van der Waals surface area contributed by atoms with Crippen LogP contribution in [0.15, 0.2) is 24.3 Å². The second-order valence-corrected chi connectivity index (χ2v) is 9.78. The van der Waals surface area contributed by atoms with E-state index in [1.807, 2.05) is 25.7 Å². The van der Waals surface area contributed by atoms with E-state index in [0.717, 1.165) is 43.6 Å². The Morgan fingerprint density at radius 2 is 1.83 bits per heavy atom. The number of likely N-dealkylation sites (tertiary alicyclic amines) is 1. The predicted octanol–water partition coefficient (Wildman–Crippen LogP) is 4.32. The van der Waals surface area contributed by atoms with Crippen molar-refractivity contribution in [3.8, 4) is 0 Å². The number of piperazine rings is 1. The molecule has 2 bridgehead atoms. The highest BCUT2D eigenvalue weighted by Crippen LogP contribution is 2.39. The molecule has 3 atom stereocenters. The van der Waals surface area contributed by atoms with Crippen molar-refractivity contribution in [3.63, 3.8) is 0 Å². The number of aromatic nitrogens is 2. The molecule has 3 unspecified atom stereocenters. The highest BCUT2D eigenvalue weighted by Gasteiger charge is 2.44. The van der Waals surface area contributed by atoms with Crippen LogP contribution in [0.5, 0.6) is 0 Å². The number of amides is 1. The van der Waals surface area contributed by atoms with Gasteiger partial charge in [-0.25, -0.2) is 9.48 Å². The fraction of sp³-hybridized carbons (Fsp3) is 0.652. The lowest BCUT2D eigenvalue weighted by atomic mass is 10.1. The van der Waals surface area contributed by atoms with Gasteiger partial charge in [0, 0.05) is 37.2 Å². The molecule has 3 aliphatic heterocycles. The molecule has 1 aromatic heterocycles. The van der Waals surface area contributed by atoms with Crippen molar-refractivity contribution in [2.45, 2.75) is 76.8 Å². The van der Waals surface area contributed by atoms with E-state index in [9.17, 15) is 4.79 Å². The van der Waals surface area contributed by atoms with Gasteiger partial charge in [-0.05, 0) is 65.0 Å². The fourth-order valence-corrected chi connectivity index (χ4v) is 5.12. The van der Waals surface area contributed by atoms with Crippen molar-refractivity contribution in [2.75, 3.05) is 24.6 Å². The molecule has 2 aromatic rings. The average molecular weight is 413 g/mol. The van der Waals surface area contributed by atoms with Gasteiger partial charge in [-0.15, -0.1) is 0 Å². The summed E-state index contributed by atoms with van der Waals surface area (Å²) in [5, 5.41) is 6.26. The van der Waals surface area contributed by atoms with Gasteiger partial charge in [0.1, 0.15) is 5.60 Å². The van der Waals surface area contributed by atoms with Crippen LogP contribution in [-0.2, 0) is 9.47 Å². The Labute approximate surface area is 177 Å². The Morgan fingerprint density at radius 1 is 1.10 bits per heavy atom. The van der Waals surface area contributed by atoms with Crippen molar-refractivity contribution in [1.29, 1.82) is 0 Å². The van der Waals surface area contributed by atoms with E-state index in [1.54, 1.807) is 0 Å². The van der Waals surface area contributed by atoms with Gasteiger partial charge in [-0.3, -0.25) is 0 Å². The van der Waals surface area contributed by atoms with Gasteiger partial charge in [0.15, 0.2) is 12.0 Å². The van der Waals surface area contributed by atoms with Crippen LogP contribution in [-0.4, -0.2) is 58.2 Å². The molecule has 0 radical (unpaired) electrons. The molecule has 7 heteroatoms. The van der Waals surface area contributed by atoms with Gasteiger partial charge < -0.3 is 19.3 Å². The molecule has 5 rings (SSSR count). The van der Waals surface area contributed by atoms with Crippen molar-refractivity contribution < 1.29 is 14.3 Å². The zero-order valence-corrected chi connectivity index (χ0v) is 18.2. The lowest BCUT2D eigenvalue weighted by molar-refractivity contribution is -0.0366. The van der Waals surface area contributed by atoms with Gasteiger partial charge in [0.2, 0.25) is 0 Å². The van der Waals surface area contributed by atoms with Crippen LogP contribution in [0, 0.1) is 0 Å². The summed E-state index contributed by atoms with van der Waals surface area (Å²) in [5.41, 5.74) is 0.663. The number of hydrogen-bond acceptors (Lipinski definition) is 5. The Hall–Kier alpha value is -2.28. The highest BCUT2D eigenvalue weighted by atomic mass is 16.6. The molecule has 30 heavy (non-hydrogen) atoms. The maximum Gasteiger partial charge on any atom is 0.410 e. The maximum absolute atomic E-state index is 12.6. The van der Waals surface area contributed by atoms with Gasteiger partial charge in [0.25, 0.3) is 0 Å². The molecule has 7 nitrogen and oxygen atoms in total. The number of fused-ring (bicyclic) bond motifs is 3. The molecule has 4 heterocycles. The van der Waals surface area contributed by atoms with E-state index in [4.69, 9.17) is 14.6 Å². The maximum atomic E-state index is 12.6. The number of ether oxygens (including phenoxy) is 2. The molecule has 0 spiro atoms. The molecule has 3 aliphatic rings. The molecule has 0 N–H and O–H groups in total. The molecule has 0 saturated carbocycles. The summed E-state index contributed by atoms with van der Waals surface area (Å²) in [4.78, 5) is 17.0. The van der Waals surface area contributed by atoms with Crippen LogP contribution in [0.2, 0.25) is 0 Å².